The fourth-order valence-corrected chi connectivity index (χ4v) is 1.58. The number of pyridine rings is 2. The summed E-state index contributed by atoms with van der Waals surface area (Å²) in [5.41, 5.74) is 8.34. The second-order valence-corrected chi connectivity index (χ2v) is 3.82. The van der Waals surface area contributed by atoms with Gasteiger partial charge in [-0.15, -0.1) is 0 Å². The molecule has 0 aliphatic rings. The molecule has 2 aromatic heterocycles. The van der Waals surface area contributed by atoms with Crippen molar-refractivity contribution in [3.05, 3.63) is 59.2 Å². The summed E-state index contributed by atoms with van der Waals surface area (Å²) in [5, 5.41) is 0. The Balaban J connectivity index is 2.36. The van der Waals surface area contributed by atoms with E-state index in [1.165, 1.54) is 0 Å². The summed E-state index contributed by atoms with van der Waals surface area (Å²) in [6.07, 6.45) is 4.88. The molecule has 0 aromatic carbocycles. The highest BCUT2D eigenvalue weighted by molar-refractivity contribution is 6.08. The van der Waals surface area contributed by atoms with Gasteiger partial charge in [0.2, 0.25) is 0 Å². The SMILES string of the molecule is Cc1cncc(C(=O)c2ccnc(CN)c2)c1. The molecule has 0 unspecified atom stereocenters. The van der Waals surface area contributed by atoms with E-state index in [2.05, 4.69) is 9.97 Å². The van der Waals surface area contributed by atoms with Gasteiger partial charge in [-0.2, -0.15) is 0 Å². The van der Waals surface area contributed by atoms with E-state index in [-0.39, 0.29) is 5.78 Å². The van der Waals surface area contributed by atoms with Gasteiger partial charge in [-0.3, -0.25) is 14.8 Å². The van der Waals surface area contributed by atoms with Crippen LogP contribution in [-0.2, 0) is 6.54 Å². The number of ketones is 1. The van der Waals surface area contributed by atoms with E-state index in [1.807, 2.05) is 13.0 Å². The summed E-state index contributed by atoms with van der Waals surface area (Å²) in [7, 11) is 0. The van der Waals surface area contributed by atoms with E-state index >= 15 is 0 Å². The van der Waals surface area contributed by atoms with Crippen molar-refractivity contribution in [2.75, 3.05) is 0 Å². The molecule has 0 radical (unpaired) electrons. The van der Waals surface area contributed by atoms with Crippen molar-refractivity contribution in [1.29, 1.82) is 0 Å². The lowest BCUT2D eigenvalue weighted by Crippen LogP contribution is -2.06. The van der Waals surface area contributed by atoms with Gasteiger partial charge in [-0.05, 0) is 30.7 Å². The molecule has 86 valence electrons. The van der Waals surface area contributed by atoms with E-state index in [0.717, 1.165) is 5.56 Å². The largest absolute Gasteiger partial charge is 0.325 e. The lowest BCUT2D eigenvalue weighted by atomic mass is 10.0. The summed E-state index contributed by atoms with van der Waals surface area (Å²) in [6, 6.07) is 5.21. The standard InChI is InChI=1S/C13H13N3O/c1-9-4-11(8-15-7-9)13(17)10-2-3-16-12(5-10)6-14/h2-5,7-8H,6,14H2,1H3. The molecule has 0 bridgehead atoms. The Hall–Kier alpha value is -2.07. The highest BCUT2D eigenvalue weighted by Crippen LogP contribution is 2.10. The molecular formula is C13H13N3O. The van der Waals surface area contributed by atoms with Crippen LogP contribution in [-0.4, -0.2) is 15.8 Å². The average Bonchev–Trinajstić information content (AvgIpc) is 2.38. The minimum Gasteiger partial charge on any atom is -0.325 e. The molecule has 0 spiro atoms. The van der Waals surface area contributed by atoms with Crippen molar-refractivity contribution in [2.24, 2.45) is 5.73 Å². The van der Waals surface area contributed by atoms with Crippen molar-refractivity contribution < 1.29 is 4.79 Å². The maximum absolute atomic E-state index is 12.2. The van der Waals surface area contributed by atoms with E-state index in [4.69, 9.17) is 5.73 Å². The molecule has 0 aliphatic heterocycles. The number of nitrogens with zero attached hydrogens (tertiary/aromatic N) is 2. The van der Waals surface area contributed by atoms with E-state index in [1.54, 1.807) is 30.7 Å². The van der Waals surface area contributed by atoms with E-state index in [9.17, 15) is 4.79 Å². The highest BCUT2D eigenvalue weighted by Gasteiger charge is 2.10. The Morgan fingerprint density at radius 2 is 2.12 bits per heavy atom. The van der Waals surface area contributed by atoms with Crippen LogP contribution in [0.1, 0.15) is 27.2 Å². The molecule has 0 saturated heterocycles. The predicted octanol–water partition coefficient (Wildman–Crippen LogP) is 1.47. The van der Waals surface area contributed by atoms with Crippen LogP contribution in [0.2, 0.25) is 0 Å². The van der Waals surface area contributed by atoms with Gasteiger partial charge < -0.3 is 5.73 Å². The van der Waals surface area contributed by atoms with Crippen LogP contribution in [0.5, 0.6) is 0 Å². The molecule has 17 heavy (non-hydrogen) atoms. The zero-order valence-electron chi connectivity index (χ0n) is 9.55. The normalized spacial score (nSPS) is 10.2. The van der Waals surface area contributed by atoms with Crippen molar-refractivity contribution in [3.8, 4) is 0 Å². The molecule has 4 heteroatoms. The molecule has 0 saturated carbocycles. The molecule has 0 aliphatic carbocycles. The van der Waals surface area contributed by atoms with Gasteiger partial charge in [0.05, 0.1) is 5.69 Å². The summed E-state index contributed by atoms with van der Waals surface area (Å²) >= 11 is 0. The summed E-state index contributed by atoms with van der Waals surface area (Å²) in [4.78, 5) is 20.2. The molecule has 0 atom stereocenters. The third-order valence-electron chi connectivity index (χ3n) is 2.43. The number of nitrogens with two attached hydrogens (primary N) is 1. The molecule has 2 aromatic rings. The lowest BCUT2D eigenvalue weighted by molar-refractivity contribution is 0.103. The van der Waals surface area contributed by atoms with Crippen LogP contribution in [0.15, 0.2) is 36.8 Å². The van der Waals surface area contributed by atoms with Gasteiger partial charge in [0.1, 0.15) is 0 Å². The summed E-state index contributed by atoms with van der Waals surface area (Å²) in [6.45, 7) is 2.23. The van der Waals surface area contributed by atoms with Crippen molar-refractivity contribution >= 4 is 5.78 Å². The van der Waals surface area contributed by atoms with Crippen LogP contribution in [0.4, 0.5) is 0 Å². The Bertz CT molecular complexity index is 552. The molecular weight excluding hydrogens is 214 g/mol. The number of aromatic nitrogens is 2. The minimum absolute atomic E-state index is 0.0571. The van der Waals surface area contributed by atoms with Crippen LogP contribution in [0, 0.1) is 6.92 Å². The number of rotatable bonds is 3. The Morgan fingerprint density at radius 1 is 1.29 bits per heavy atom. The molecule has 2 N–H and O–H groups in total. The van der Waals surface area contributed by atoms with Crippen LogP contribution >= 0.6 is 0 Å². The van der Waals surface area contributed by atoms with Gasteiger partial charge in [0.25, 0.3) is 0 Å². The zero-order chi connectivity index (χ0) is 12.3. The zero-order valence-corrected chi connectivity index (χ0v) is 9.55. The summed E-state index contributed by atoms with van der Waals surface area (Å²) in [5.74, 6) is -0.0571. The first-order chi connectivity index (χ1) is 8.20. The smallest absolute Gasteiger partial charge is 0.194 e. The monoisotopic (exact) mass is 227 g/mol. The first kappa shape index (κ1) is 11.4. The van der Waals surface area contributed by atoms with Gasteiger partial charge in [-0.1, -0.05) is 0 Å². The van der Waals surface area contributed by atoms with Crippen molar-refractivity contribution in [3.63, 3.8) is 0 Å². The number of carbonyl (C=O) groups excluding carboxylic acids is 1. The van der Waals surface area contributed by atoms with Crippen molar-refractivity contribution in [2.45, 2.75) is 13.5 Å². The van der Waals surface area contributed by atoms with Gasteiger partial charge in [-0.25, -0.2) is 0 Å². The van der Waals surface area contributed by atoms with Crippen molar-refractivity contribution in [1.82, 2.24) is 9.97 Å². The average molecular weight is 227 g/mol. The van der Waals surface area contributed by atoms with Gasteiger partial charge >= 0.3 is 0 Å². The fraction of sp³-hybridized carbons (Fsp3) is 0.154. The molecule has 2 rings (SSSR count). The molecule has 2 heterocycles. The third kappa shape index (κ3) is 2.54. The fourth-order valence-electron chi connectivity index (χ4n) is 1.58. The number of hydrogen-bond acceptors (Lipinski definition) is 4. The minimum atomic E-state index is -0.0571. The third-order valence-corrected chi connectivity index (χ3v) is 2.43. The number of carbonyl (C=O) groups is 1. The van der Waals surface area contributed by atoms with Crippen LogP contribution in [0.3, 0.4) is 0 Å². The topological polar surface area (TPSA) is 68.9 Å². The quantitative estimate of drug-likeness (QED) is 0.806. The van der Waals surface area contributed by atoms with Crippen LogP contribution in [0.25, 0.3) is 0 Å². The number of hydrogen-bond donors (Lipinski definition) is 1. The highest BCUT2D eigenvalue weighted by atomic mass is 16.1. The first-order valence-corrected chi connectivity index (χ1v) is 5.32. The second-order valence-electron chi connectivity index (χ2n) is 3.82. The summed E-state index contributed by atoms with van der Waals surface area (Å²) < 4.78 is 0. The van der Waals surface area contributed by atoms with E-state index in [0.29, 0.717) is 23.4 Å². The Labute approximate surface area is 99.5 Å². The van der Waals surface area contributed by atoms with Gasteiger partial charge in [0.15, 0.2) is 5.78 Å². The molecule has 0 fully saturated rings. The maximum Gasteiger partial charge on any atom is 0.194 e. The van der Waals surface area contributed by atoms with Gasteiger partial charge in [0, 0.05) is 36.3 Å². The predicted molar refractivity (Wildman–Crippen MR) is 64.5 cm³/mol. The second kappa shape index (κ2) is 4.84. The van der Waals surface area contributed by atoms with E-state index < -0.39 is 0 Å². The number of aryl methyl sites for hydroxylation is 1. The first-order valence-electron chi connectivity index (χ1n) is 5.32. The molecule has 0 amide bonds. The maximum atomic E-state index is 12.2. The molecule has 4 nitrogen and oxygen atoms in total. The Morgan fingerprint density at radius 3 is 2.82 bits per heavy atom. The Kier molecular flexibility index (Phi) is 3.25. The van der Waals surface area contributed by atoms with Crippen LogP contribution < -0.4 is 5.73 Å². The lowest BCUT2D eigenvalue weighted by Gasteiger charge is -2.03.